The summed E-state index contributed by atoms with van der Waals surface area (Å²) in [6, 6.07) is -0.202. The summed E-state index contributed by atoms with van der Waals surface area (Å²) in [5.74, 6) is -0.539. The second-order valence-corrected chi connectivity index (χ2v) is 4.98. The third kappa shape index (κ3) is 2.64. The SMILES string of the molecule is Cc1c([N+](=O)[O-])c(C(=O)N[C@@H](C)[C@@H]2CCCO2)nn1C. The van der Waals surface area contributed by atoms with Gasteiger partial charge in [-0.1, -0.05) is 0 Å². The normalized spacial score (nSPS) is 19.9. The Balaban J connectivity index is 2.16. The average molecular weight is 282 g/mol. The number of ether oxygens (including phenoxy) is 1. The van der Waals surface area contributed by atoms with Crippen LogP contribution < -0.4 is 5.32 Å². The molecule has 20 heavy (non-hydrogen) atoms. The van der Waals surface area contributed by atoms with E-state index in [1.165, 1.54) is 4.68 Å². The highest BCUT2D eigenvalue weighted by molar-refractivity contribution is 5.96. The molecule has 1 aromatic rings. The first-order valence-electron chi connectivity index (χ1n) is 6.52. The maximum absolute atomic E-state index is 12.2. The van der Waals surface area contributed by atoms with Crippen LogP contribution in [0.25, 0.3) is 0 Å². The van der Waals surface area contributed by atoms with Crippen LogP contribution >= 0.6 is 0 Å². The molecule has 8 nitrogen and oxygen atoms in total. The summed E-state index contributed by atoms with van der Waals surface area (Å²) in [6.45, 7) is 4.08. The Morgan fingerprint density at radius 3 is 2.90 bits per heavy atom. The molecule has 1 fully saturated rings. The molecule has 1 amide bonds. The molecule has 1 aliphatic rings. The largest absolute Gasteiger partial charge is 0.376 e. The van der Waals surface area contributed by atoms with Crippen molar-refractivity contribution in [2.45, 2.75) is 38.8 Å². The Morgan fingerprint density at radius 1 is 1.65 bits per heavy atom. The number of hydrogen-bond acceptors (Lipinski definition) is 5. The van der Waals surface area contributed by atoms with Crippen molar-refractivity contribution in [1.29, 1.82) is 0 Å². The summed E-state index contributed by atoms with van der Waals surface area (Å²) in [5.41, 5.74) is -0.0469. The monoisotopic (exact) mass is 282 g/mol. The van der Waals surface area contributed by atoms with E-state index in [0.29, 0.717) is 12.3 Å². The third-order valence-electron chi connectivity index (χ3n) is 3.58. The molecule has 0 radical (unpaired) electrons. The molecule has 8 heteroatoms. The molecule has 0 aromatic carbocycles. The summed E-state index contributed by atoms with van der Waals surface area (Å²) < 4.78 is 6.82. The number of amides is 1. The number of carbonyl (C=O) groups is 1. The molecule has 0 spiro atoms. The highest BCUT2D eigenvalue weighted by Crippen LogP contribution is 2.22. The average Bonchev–Trinajstić information content (AvgIpc) is 2.98. The van der Waals surface area contributed by atoms with Crippen LogP contribution in [0.4, 0.5) is 5.69 Å². The molecule has 2 heterocycles. The summed E-state index contributed by atoms with van der Waals surface area (Å²) in [4.78, 5) is 22.6. The van der Waals surface area contributed by atoms with Gasteiger partial charge in [-0.25, -0.2) is 0 Å². The van der Waals surface area contributed by atoms with E-state index in [-0.39, 0.29) is 23.5 Å². The Bertz CT molecular complexity index is 534. The zero-order valence-electron chi connectivity index (χ0n) is 11.8. The van der Waals surface area contributed by atoms with Crippen molar-refractivity contribution in [3.8, 4) is 0 Å². The van der Waals surface area contributed by atoms with Gasteiger partial charge in [0.25, 0.3) is 5.91 Å². The van der Waals surface area contributed by atoms with E-state index >= 15 is 0 Å². The molecule has 1 N–H and O–H groups in total. The van der Waals surface area contributed by atoms with E-state index in [9.17, 15) is 14.9 Å². The molecule has 2 rings (SSSR count). The van der Waals surface area contributed by atoms with E-state index in [1.54, 1.807) is 14.0 Å². The number of aromatic nitrogens is 2. The Kier molecular flexibility index (Phi) is 4.03. The Labute approximate surface area is 116 Å². The molecule has 0 unspecified atom stereocenters. The van der Waals surface area contributed by atoms with Gasteiger partial charge in [0.05, 0.1) is 17.1 Å². The topological polar surface area (TPSA) is 99.3 Å². The van der Waals surface area contributed by atoms with Gasteiger partial charge < -0.3 is 10.1 Å². The molecule has 0 bridgehead atoms. The highest BCUT2D eigenvalue weighted by atomic mass is 16.6. The maximum Gasteiger partial charge on any atom is 0.322 e. The highest BCUT2D eigenvalue weighted by Gasteiger charge is 2.31. The Morgan fingerprint density at radius 2 is 2.35 bits per heavy atom. The summed E-state index contributed by atoms with van der Waals surface area (Å²) in [6.07, 6.45) is 1.81. The number of hydrogen-bond donors (Lipinski definition) is 1. The molecular formula is C12H18N4O4. The van der Waals surface area contributed by atoms with Crippen molar-refractivity contribution < 1.29 is 14.5 Å². The van der Waals surface area contributed by atoms with E-state index in [4.69, 9.17) is 4.74 Å². The van der Waals surface area contributed by atoms with Gasteiger partial charge in [0.15, 0.2) is 0 Å². The zero-order valence-corrected chi connectivity index (χ0v) is 11.8. The maximum atomic E-state index is 12.2. The number of aryl methyl sites for hydroxylation is 1. The number of nitrogens with zero attached hydrogens (tertiary/aromatic N) is 3. The predicted molar refractivity (Wildman–Crippen MR) is 70.5 cm³/mol. The van der Waals surface area contributed by atoms with Gasteiger partial charge >= 0.3 is 5.69 Å². The van der Waals surface area contributed by atoms with Crippen LogP contribution in [-0.2, 0) is 11.8 Å². The van der Waals surface area contributed by atoms with Gasteiger partial charge in [0.1, 0.15) is 5.69 Å². The molecule has 1 aromatic heterocycles. The van der Waals surface area contributed by atoms with Crippen LogP contribution in [0.2, 0.25) is 0 Å². The summed E-state index contributed by atoms with van der Waals surface area (Å²) in [5, 5.41) is 17.7. The van der Waals surface area contributed by atoms with Crippen LogP contribution in [0.15, 0.2) is 0 Å². The van der Waals surface area contributed by atoms with E-state index < -0.39 is 10.8 Å². The zero-order chi connectivity index (χ0) is 14.9. The molecule has 1 aliphatic heterocycles. The summed E-state index contributed by atoms with van der Waals surface area (Å²) >= 11 is 0. The minimum Gasteiger partial charge on any atom is -0.376 e. The van der Waals surface area contributed by atoms with Gasteiger partial charge in [-0.05, 0) is 26.7 Å². The van der Waals surface area contributed by atoms with E-state index in [1.807, 2.05) is 6.92 Å². The number of nitro groups is 1. The third-order valence-corrected chi connectivity index (χ3v) is 3.58. The van der Waals surface area contributed by atoms with Crippen LogP contribution in [0.3, 0.4) is 0 Å². The lowest BCUT2D eigenvalue weighted by Crippen LogP contribution is -2.41. The first-order valence-corrected chi connectivity index (χ1v) is 6.52. The smallest absolute Gasteiger partial charge is 0.322 e. The Hall–Kier alpha value is -1.96. The molecule has 0 aliphatic carbocycles. The second kappa shape index (κ2) is 5.58. The standard InChI is InChI=1S/C12H18N4O4/c1-7(9-5-4-6-20-9)13-12(17)10-11(16(18)19)8(2)15(3)14-10/h7,9H,4-6H2,1-3H3,(H,13,17)/t7-,9-/m0/s1. The van der Waals surface area contributed by atoms with E-state index in [2.05, 4.69) is 10.4 Å². The molecule has 2 atom stereocenters. The van der Waals surface area contributed by atoms with Gasteiger partial charge in [0.2, 0.25) is 5.69 Å². The van der Waals surface area contributed by atoms with E-state index in [0.717, 1.165) is 12.8 Å². The van der Waals surface area contributed by atoms with Crippen LogP contribution in [0.1, 0.15) is 35.9 Å². The van der Waals surface area contributed by atoms with Crippen molar-refractivity contribution in [3.63, 3.8) is 0 Å². The van der Waals surface area contributed by atoms with Crippen molar-refractivity contribution in [1.82, 2.24) is 15.1 Å². The van der Waals surface area contributed by atoms with Gasteiger partial charge in [-0.2, -0.15) is 5.10 Å². The van der Waals surface area contributed by atoms with Gasteiger partial charge in [-0.3, -0.25) is 19.6 Å². The van der Waals surface area contributed by atoms with Crippen molar-refractivity contribution in [2.24, 2.45) is 7.05 Å². The van der Waals surface area contributed by atoms with Crippen LogP contribution in [0.5, 0.6) is 0 Å². The number of carbonyl (C=O) groups excluding carboxylic acids is 1. The lowest BCUT2D eigenvalue weighted by molar-refractivity contribution is -0.385. The van der Waals surface area contributed by atoms with Crippen LogP contribution in [0, 0.1) is 17.0 Å². The number of rotatable bonds is 4. The number of nitrogens with one attached hydrogen (secondary N) is 1. The van der Waals surface area contributed by atoms with Gasteiger partial charge in [-0.15, -0.1) is 0 Å². The van der Waals surface area contributed by atoms with Crippen molar-refractivity contribution >= 4 is 11.6 Å². The fourth-order valence-electron chi connectivity index (χ4n) is 2.33. The molecule has 110 valence electrons. The molecular weight excluding hydrogens is 264 g/mol. The fraction of sp³-hybridized carbons (Fsp3) is 0.667. The lowest BCUT2D eigenvalue weighted by Gasteiger charge is -2.19. The van der Waals surface area contributed by atoms with Gasteiger partial charge in [0, 0.05) is 13.7 Å². The minimum atomic E-state index is -0.575. The van der Waals surface area contributed by atoms with Crippen molar-refractivity contribution in [3.05, 3.63) is 21.5 Å². The first-order chi connectivity index (χ1) is 9.41. The second-order valence-electron chi connectivity index (χ2n) is 4.98. The lowest BCUT2D eigenvalue weighted by atomic mass is 10.1. The molecule has 1 saturated heterocycles. The fourth-order valence-corrected chi connectivity index (χ4v) is 2.33. The predicted octanol–water partition coefficient (Wildman–Crippen LogP) is 0.934. The molecule has 0 saturated carbocycles. The van der Waals surface area contributed by atoms with Crippen LogP contribution in [-0.4, -0.2) is 39.4 Å². The summed E-state index contributed by atoms with van der Waals surface area (Å²) in [7, 11) is 1.57. The first kappa shape index (κ1) is 14.4. The van der Waals surface area contributed by atoms with Crippen molar-refractivity contribution in [2.75, 3.05) is 6.61 Å². The minimum absolute atomic E-state index is 0.0391. The quantitative estimate of drug-likeness (QED) is 0.654.